The molecule has 0 radical (unpaired) electrons. The molecule has 4 rings (SSSR count). The van der Waals surface area contributed by atoms with E-state index in [9.17, 15) is 19.6 Å². The number of allylic oxidation sites excluding steroid dienone is 1. The predicted octanol–water partition coefficient (Wildman–Crippen LogP) is 3.49. The van der Waals surface area contributed by atoms with Crippen molar-refractivity contribution >= 4 is 17.7 Å². The Morgan fingerprint density at radius 2 is 2.00 bits per heavy atom. The second-order valence-corrected chi connectivity index (χ2v) is 8.01. The van der Waals surface area contributed by atoms with E-state index in [4.69, 9.17) is 9.47 Å². The Morgan fingerprint density at radius 3 is 2.67 bits per heavy atom. The van der Waals surface area contributed by atoms with Gasteiger partial charge in [0, 0.05) is 17.9 Å². The first-order valence-corrected chi connectivity index (χ1v) is 10.2. The molecule has 0 spiro atoms. The third-order valence-corrected chi connectivity index (χ3v) is 6.63. The monoisotopic (exact) mass is 426 g/mol. The zero-order chi connectivity index (χ0) is 21.5. The summed E-state index contributed by atoms with van der Waals surface area (Å²) in [6.07, 6.45) is -0.0357. The molecule has 0 unspecified atom stereocenters. The molecule has 2 atom stereocenters. The molecule has 30 heavy (non-hydrogen) atoms. The van der Waals surface area contributed by atoms with Gasteiger partial charge in [-0.25, -0.2) is 4.39 Å². The number of halogens is 1. The molecule has 2 heterocycles. The smallest absolute Gasteiger partial charge is 0.231 e. The molecule has 0 bridgehead atoms. The highest BCUT2D eigenvalue weighted by molar-refractivity contribution is 8.03. The standard InChI is InChI=1S/C22H19FN2O4S/c1-28-18-7-6-14(9-19(18)29-2)22(27)12-30-21-17(11-24)16(10-20(26)25(21)22)13-4-3-5-15(23)8-13/h3-9,16,27H,10,12H2,1-2H3/t16-,22-/m1/s1. The minimum absolute atomic E-state index is 0.0357. The fraction of sp³-hybridized carbons (Fsp3) is 0.273. The first-order chi connectivity index (χ1) is 14.4. The molecule has 0 saturated carbocycles. The molecule has 2 aliphatic rings. The Labute approximate surface area is 177 Å². The summed E-state index contributed by atoms with van der Waals surface area (Å²) in [5.74, 6) is -0.227. The van der Waals surface area contributed by atoms with E-state index >= 15 is 0 Å². The summed E-state index contributed by atoms with van der Waals surface area (Å²) >= 11 is 1.24. The van der Waals surface area contributed by atoms with Crippen molar-refractivity contribution in [3.05, 3.63) is 70.0 Å². The molecule has 1 N–H and O–H groups in total. The first-order valence-electron chi connectivity index (χ1n) is 9.23. The van der Waals surface area contributed by atoms with Crippen LogP contribution in [0.3, 0.4) is 0 Å². The maximum absolute atomic E-state index is 13.7. The minimum atomic E-state index is -1.63. The van der Waals surface area contributed by atoms with Crippen LogP contribution in [0.5, 0.6) is 11.5 Å². The van der Waals surface area contributed by atoms with Crippen LogP contribution >= 0.6 is 11.8 Å². The molecular weight excluding hydrogens is 407 g/mol. The number of carbonyl (C=O) groups excluding carboxylic acids is 1. The number of rotatable bonds is 4. The number of ether oxygens (including phenoxy) is 2. The summed E-state index contributed by atoms with van der Waals surface area (Å²) in [7, 11) is 3.00. The fourth-order valence-corrected chi connectivity index (χ4v) is 5.29. The number of hydrogen-bond acceptors (Lipinski definition) is 6. The van der Waals surface area contributed by atoms with Crippen LogP contribution in [0.25, 0.3) is 0 Å². The van der Waals surface area contributed by atoms with Gasteiger partial charge in [0.05, 0.1) is 36.6 Å². The predicted molar refractivity (Wildman–Crippen MR) is 109 cm³/mol. The quantitative estimate of drug-likeness (QED) is 0.806. The van der Waals surface area contributed by atoms with Crippen molar-refractivity contribution in [1.29, 1.82) is 5.26 Å². The van der Waals surface area contributed by atoms with Crippen molar-refractivity contribution in [2.45, 2.75) is 18.1 Å². The normalized spacial score (nSPS) is 23.2. The second-order valence-electron chi connectivity index (χ2n) is 7.05. The molecule has 2 aromatic rings. The molecule has 0 aliphatic carbocycles. The second kappa shape index (κ2) is 7.67. The Kier molecular flexibility index (Phi) is 5.18. The van der Waals surface area contributed by atoms with E-state index in [0.29, 0.717) is 33.2 Å². The molecule has 0 aromatic heterocycles. The summed E-state index contributed by atoms with van der Waals surface area (Å²) in [6, 6.07) is 13.1. The number of methoxy groups -OCH3 is 2. The number of fused-ring (bicyclic) bond motifs is 1. The van der Waals surface area contributed by atoms with Crippen LogP contribution in [-0.2, 0) is 10.5 Å². The highest BCUT2D eigenvalue weighted by Crippen LogP contribution is 2.52. The van der Waals surface area contributed by atoms with E-state index in [0.717, 1.165) is 0 Å². The molecule has 154 valence electrons. The largest absolute Gasteiger partial charge is 0.493 e. The number of aliphatic hydroxyl groups is 1. The van der Waals surface area contributed by atoms with Crippen molar-refractivity contribution in [3.8, 4) is 17.6 Å². The van der Waals surface area contributed by atoms with Gasteiger partial charge in [0.2, 0.25) is 5.91 Å². The molecular formula is C22H19FN2O4S. The highest BCUT2D eigenvalue weighted by Gasteiger charge is 2.52. The van der Waals surface area contributed by atoms with E-state index < -0.39 is 17.5 Å². The Morgan fingerprint density at radius 1 is 1.23 bits per heavy atom. The van der Waals surface area contributed by atoms with Gasteiger partial charge in [-0.1, -0.05) is 18.2 Å². The lowest BCUT2D eigenvalue weighted by molar-refractivity contribution is -0.149. The van der Waals surface area contributed by atoms with Crippen LogP contribution in [0.15, 0.2) is 53.1 Å². The Bertz CT molecular complexity index is 1100. The Balaban J connectivity index is 1.80. The topological polar surface area (TPSA) is 82.8 Å². The van der Waals surface area contributed by atoms with Crippen LogP contribution in [0.1, 0.15) is 23.5 Å². The minimum Gasteiger partial charge on any atom is -0.493 e. The van der Waals surface area contributed by atoms with Gasteiger partial charge in [-0.2, -0.15) is 5.26 Å². The van der Waals surface area contributed by atoms with Gasteiger partial charge < -0.3 is 14.6 Å². The maximum Gasteiger partial charge on any atom is 0.231 e. The zero-order valence-electron chi connectivity index (χ0n) is 16.4. The molecule has 2 aromatic carbocycles. The van der Waals surface area contributed by atoms with E-state index in [1.807, 2.05) is 0 Å². The van der Waals surface area contributed by atoms with Crippen LogP contribution in [0.4, 0.5) is 4.39 Å². The summed E-state index contributed by atoms with van der Waals surface area (Å²) < 4.78 is 24.3. The molecule has 1 saturated heterocycles. The van der Waals surface area contributed by atoms with Gasteiger partial charge in [0.25, 0.3) is 0 Å². The van der Waals surface area contributed by atoms with Gasteiger partial charge in [0.1, 0.15) is 5.82 Å². The highest BCUT2D eigenvalue weighted by atomic mass is 32.2. The maximum atomic E-state index is 13.7. The van der Waals surface area contributed by atoms with Gasteiger partial charge in [-0.05, 0) is 29.8 Å². The molecule has 1 amide bonds. The first kappa shape index (κ1) is 20.3. The van der Waals surface area contributed by atoms with Crippen molar-refractivity contribution < 1.29 is 23.8 Å². The summed E-state index contributed by atoms with van der Waals surface area (Å²) in [4.78, 5) is 14.4. The number of benzene rings is 2. The van der Waals surface area contributed by atoms with Crippen LogP contribution in [0, 0.1) is 17.1 Å². The lowest BCUT2D eigenvalue weighted by atomic mass is 9.85. The van der Waals surface area contributed by atoms with Gasteiger partial charge in [-0.15, -0.1) is 11.8 Å². The molecule has 1 fully saturated rings. The summed E-state index contributed by atoms with van der Waals surface area (Å²) in [5, 5.41) is 21.8. The number of nitrogens with zero attached hydrogens (tertiary/aromatic N) is 2. The summed E-state index contributed by atoms with van der Waals surface area (Å²) in [6.45, 7) is 0. The van der Waals surface area contributed by atoms with Crippen molar-refractivity contribution in [1.82, 2.24) is 4.90 Å². The van der Waals surface area contributed by atoms with E-state index in [2.05, 4.69) is 6.07 Å². The zero-order valence-corrected chi connectivity index (χ0v) is 17.2. The number of amides is 1. The van der Waals surface area contributed by atoms with Crippen LogP contribution < -0.4 is 9.47 Å². The molecule has 8 heteroatoms. The van der Waals surface area contributed by atoms with Crippen molar-refractivity contribution in [2.24, 2.45) is 0 Å². The fourth-order valence-electron chi connectivity index (χ4n) is 3.93. The van der Waals surface area contributed by atoms with Crippen LogP contribution in [0.2, 0.25) is 0 Å². The lowest BCUT2D eigenvalue weighted by Crippen LogP contribution is -2.48. The number of thioether (sulfide) groups is 1. The van der Waals surface area contributed by atoms with Gasteiger partial charge in [0.15, 0.2) is 17.2 Å². The van der Waals surface area contributed by atoms with E-state index in [1.165, 1.54) is 43.0 Å². The van der Waals surface area contributed by atoms with E-state index in [-0.39, 0.29) is 18.1 Å². The number of hydrogen-bond donors (Lipinski definition) is 1. The average molecular weight is 426 g/mol. The van der Waals surface area contributed by atoms with Crippen molar-refractivity contribution in [3.63, 3.8) is 0 Å². The number of carbonyl (C=O) groups is 1. The average Bonchev–Trinajstić information content (AvgIpc) is 3.12. The Hall–Kier alpha value is -3.02. The third-order valence-electron chi connectivity index (χ3n) is 5.41. The van der Waals surface area contributed by atoms with E-state index in [1.54, 1.807) is 30.3 Å². The SMILES string of the molecule is COc1ccc([C@]2(O)CSC3=C(C#N)[C@@H](c4cccc(F)c4)CC(=O)N32)cc1OC. The molecule has 6 nitrogen and oxygen atoms in total. The third kappa shape index (κ3) is 3.11. The van der Waals surface area contributed by atoms with Gasteiger partial charge in [-0.3, -0.25) is 9.69 Å². The van der Waals surface area contributed by atoms with Crippen LogP contribution in [-0.4, -0.2) is 35.9 Å². The lowest BCUT2D eigenvalue weighted by Gasteiger charge is -2.38. The molecule has 2 aliphatic heterocycles. The van der Waals surface area contributed by atoms with Crippen molar-refractivity contribution in [2.75, 3.05) is 20.0 Å². The van der Waals surface area contributed by atoms with Gasteiger partial charge >= 0.3 is 0 Å². The summed E-state index contributed by atoms with van der Waals surface area (Å²) in [5.41, 5.74) is -0.264. The number of nitriles is 1.